The van der Waals surface area contributed by atoms with Gasteiger partial charge < -0.3 is 19.3 Å². The summed E-state index contributed by atoms with van der Waals surface area (Å²) in [6.45, 7) is 3.96. The average molecular weight is 562 g/mol. The molecule has 4 rings (SSSR count). The van der Waals surface area contributed by atoms with Crippen LogP contribution in [0.4, 0.5) is 5.69 Å². The fraction of sp³-hybridized carbons (Fsp3) is 0.571. The van der Waals surface area contributed by atoms with Crippen LogP contribution < -0.4 is 15.9 Å². The van der Waals surface area contributed by atoms with Crippen LogP contribution in [0.5, 0.6) is 0 Å². The predicted molar refractivity (Wildman–Crippen MR) is 149 cm³/mol. The fourth-order valence-corrected chi connectivity index (χ4v) is 5.78. The van der Waals surface area contributed by atoms with Gasteiger partial charge in [0.25, 0.3) is 11.5 Å². The number of pyridine rings is 1. The minimum atomic E-state index is -3.83. The Morgan fingerprint density at radius 3 is 2.44 bits per heavy atom. The Balaban J connectivity index is 1.40. The van der Waals surface area contributed by atoms with Gasteiger partial charge in [-0.1, -0.05) is 12.1 Å². The summed E-state index contributed by atoms with van der Waals surface area (Å²) in [4.78, 5) is 33.4. The molecule has 0 aliphatic carbocycles. The molecule has 2 aliphatic heterocycles. The number of amides is 1. The van der Waals surface area contributed by atoms with Crippen molar-refractivity contribution >= 4 is 21.4 Å². The number of carbonyl (C=O) groups excluding carboxylic acids is 1. The average Bonchev–Trinajstić information content (AvgIpc) is 2.95. The molecule has 1 aromatic heterocycles. The number of carbonyl (C=O) groups is 1. The molecule has 0 bridgehead atoms. The van der Waals surface area contributed by atoms with Crippen LogP contribution in [0.3, 0.4) is 0 Å². The second-order valence-electron chi connectivity index (χ2n) is 10.7. The molecule has 0 saturated carbocycles. The van der Waals surface area contributed by atoms with Crippen molar-refractivity contribution in [1.82, 2.24) is 10.0 Å². The zero-order chi connectivity index (χ0) is 28.0. The summed E-state index contributed by atoms with van der Waals surface area (Å²) in [5, 5.41) is 9.35. The van der Waals surface area contributed by atoms with Gasteiger partial charge in [-0.3, -0.25) is 9.59 Å². The third-order valence-corrected chi connectivity index (χ3v) is 10.0. The molecule has 2 fully saturated rings. The summed E-state index contributed by atoms with van der Waals surface area (Å²) in [6.07, 6.45) is 6.30. The van der Waals surface area contributed by atoms with Crippen LogP contribution in [0.25, 0.3) is 11.1 Å². The Bertz CT molecular complexity index is 1280. The molecule has 1 amide bonds. The van der Waals surface area contributed by atoms with Crippen molar-refractivity contribution in [2.45, 2.75) is 63.0 Å². The fourth-order valence-electron chi connectivity index (χ4n) is 4.94. The maximum Gasteiger partial charge on any atom is 0.264 e. The number of hydrogen-bond acceptors (Lipinski definition) is 8. The van der Waals surface area contributed by atoms with E-state index >= 15 is 0 Å². The second-order valence-corrected chi connectivity index (χ2v) is 13.2. The van der Waals surface area contributed by atoms with Crippen LogP contribution in [-0.2, 0) is 30.8 Å². The van der Waals surface area contributed by atoms with Crippen molar-refractivity contribution in [3.8, 4) is 11.1 Å². The molecule has 2 aromatic rings. The van der Waals surface area contributed by atoms with Gasteiger partial charge >= 0.3 is 0 Å². The highest BCUT2D eigenvalue weighted by Gasteiger charge is 2.44. The first kappa shape index (κ1) is 29.3. The number of aliphatic hydroxyl groups excluding tert-OH is 1. The Labute approximate surface area is 229 Å². The molecule has 0 radical (unpaired) electrons. The molecule has 11 heteroatoms. The molecule has 3 heterocycles. The molecule has 2 saturated heterocycles. The van der Waals surface area contributed by atoms with Gasteiger partial charge in [0.1, 0.15) is 0 Å². The van der Waals surface area contributed by atoms with Crippen LogP contribution >= 0.6 is 0 Å². The van der Waals surface area contributed by atoms with E-state index in [-0.39, 0.29) is 25.1 Å². The molecule has 0 spiro atoms. The molecule has 2 aliphatic rings. The lowest BCUT2D eigenvalue weighted by atomic mass is 9.97. The van der Waals surface area contributed by atoms with Gasteiger partial charge in [0, 0.05) is 63.5 Å². The summed E-state index contributed by atoms with van der Waals surface area (Å²) >= 11 is 0. The van der Waals surface area contributed by atoms with E-state index in [1.165, 1.54) is 17.6 Å². The number of aliphatic hydroxyl groups is 1. The molecule has 2 N–H and O–H groups in total. The van der Waals surface area contributed by atoms with E-state index in [2.05, 4.69) is 10.4 Å². The predicted octanol–water partition coefficient (Wildman–Crippen LogP) is 2.49. The van der Waals surface area contributed by atoms with Gasteiger partial charge in [-0.2, -0.15) is 0 Å². The van der Waals surface area contributed by atoms with E-state index in [1.54, 1.807) is 6.20 Å². The zero-order valence-corrected chi connectivity index (χ0v) is 23.5. The number of nitrogens with one attached hydrogen (secondary N) is 1. The lowest BCUT2D eigenvalue weighted by Crippen LogP contribution is -2.51. The largest absolute Gasteiger partial charge is 0.396 e. The zero-order valence-electron chi connectivity index (χ0n) is 22.7. The first-order valence-corrected chi connectivity index (χ1v) is 15.4. The highest BCUT2D eigenvalue weighted by atomic mass is 32.2. The van der Waals surface area contributed by atoms with E-state index in [9.17, 15) is 23.1 Å². The number of aryl methyl sites for hydroxylation is 1. The Hall–Kier alpha value is -2.73. The van der Waals surface area contributed by atoms with Gasteiger partial charge in [-0.15, -0.1) is 0 Å². The molecule has 1 aromatic carbocycles. The summed E-state index contributed by atoms with van der Waals surface area (Å²) in [5.41, 5.74) is 4.75. The quantitative estimate of drug-likeness (QED) is 0.424. The van der Waals surface area contributed by atoms with E-state index in [0.29, 0.717) is 18.9 Å². The summed E-state index contributed by atoms with van der Waals surface area (Å²) in [5.74, 6) is -0.411. The molecule has 39 heavy (non-hydrogen) atoms. The van der Waals surface area contributed by atoms with Crippen LogP contribution in [0.1, 0.15) is 45.4 Å². The van der Waals surface area contributed by atoms with Gasteiger partial charge in [0.05, 0.1) is 0 Å². The summed E-state index contributed by atoms with van der Waals surface area (Å²) in [7, 11) is -3.83. The van der Waals surface area contributed by atoms with Gasteiger partial charge in [0.2, 0.25) is 0 Å². The van der Waals surface area contributed by atoms with Crippen molar-refractivity contribution in [3.05, 3.63) is 52.9 Å². The lowest BCUT2D eigenvalue weighted by molar-refractivity contribution is -0.201. The maximum absolute atomic E-state index is 12.9. The summed E-state index contributed by atoms with van der Waals surface area (Å²) < 4.78 is 30.3. The molecule has 2 atom stereocenters. The molecule has 1 unspecified atom stereocenters. The Kier molecular flexibility index (Phi) is 9.47. The highest BCUT2D eigenvalue weighted by molar-refractivity contribution is 7.92. The van der Waals surface area contributed by atoms with E-state index in [4.69, 9.17) is 9.57 Å². The Morgan fingerprint density at radius 2 is 1.85 bits per heavy atom. The SMILES string of the molecule is C[C@@](CCn1ccc(-c2ccc(N3CCC(CO)CC3)cc2)cc1=O)(C(=O)NOC1CCCCO1)S(C)(=O)=O. The van der Waals surface area contributed by atoms with E-state index in [0.717, 1.165) is 61.8 Å². The number of piperidine rings is 1. The van der Waals surface area contributed by atoms with E-state index in [1.807, 2.05) is 30.3 Å². The van der Waals surface area contributed by atoms with Crippen molar-refractivity contribution in [3.63, 3.8) is 0 Å². The first-order valence-electron chi connectivity index (χ1n) is 13.5. The van der Waals surface area contributed by atoms with Crippen molar-refractivity contribution in [1.29, 1.82) is 0 Å². The van der Waals surface area contributed by atoms with Gasteiger partial charge in [-0.05, 0) is 74.3 Å². The van der Waals surface area contributed by atoms with Gasteiger partial charge in [-0.25, -0.2) is 18.7 Å². The minimum absolute atomic E-state index is 0.0404. The summed E-state index contributed by atoms with van der Waals surface area (Å²) in [6, 6.07) is 11.4. The number of benzene rings is 1. The lowest BCUT2D eigenvalue weighted by Gasteiger charge is -2.33. The molecular weight excluding hydrogens is 522 g/mol. The van der Waals surface area contributed by atoms with Crippen LogP contribution in [0.15, 0.2) is 47.4 Å². The van der Waals surface area contributed by atoms with Crippen molar-refractivity contribution in [2.24, 2.45) is 5.92 Å². The standard InChI is InChI=1S/C28H39N3O7S/c1-28(39(2,35)36,27(34)29-38-26-5-3-4-18-37-26)13-17-31-16-12-23(19-25(31)33)22-6-8-24(9-7-22)30-14-10-21(20-32)11-15-30/h6-9,12,16,19,21,26,32H,3-5,10-11,13-15,17-18,20H2,1-2H3,(H,29,34)/t26?,28-/m1/s1. The Morgan fingerprint density at radius 1 is 1.13 bits per heavy atom. The normalized spacial score (nSPS) is 20.4. The second kappa shape index (κ2) is 12.6. The third-order valence-electron chi connectivity index (χ3n) is 7.98. The first-order chi connectivity index (χ1) is 18.6. The molecular formula is C28H39N3O7S. The van der Waals surface area contributed by atoms with E-state index < -0.39 is 26.8 Å². The number of rotatable bonds is 10. The number of hydroxylamine groups is 1. The molecule has 214 valence electrons. The number of ether oxygens (including phenoxy) is 1. The monoisotopic (exact) mass is 561 g/mol. The number of hydrogen-bond donors (Lipinski definition) is 2. The molecule has 10 nitrogen and oxygen atoms in total. The topological polar surface area (TPSA) is 127 Å². The third kappa shape index (κ3) is 7.08. The van der Waals surface area contributed by atoms with Gasteiger partial charge in [0.15, 0.2) is 20.9 Å². The highest BCUT2D eigenvalue weighted by Crippen LogP contribution is 2.27. The van der Waals surface area contributed by atoms with Crippen LogP contribution in [-0.4, -0.2) is 67.6 Å². The number of anilines is 1. The number of sulfone groups is 1. The minimum Gasteiger partial charge on any atom is -0.396 e. The van der Waals surface area contributed by atoms with Crippen molar-refractivity contribution in [2.75, 3.05) is 37.5 Å². The maximum atomic E-state index is 12.9. The van der Waals surface area contributed by atoms with Crippen LogP contribution in [0, 0.1) is 5.92 Å². The van der Waals surface area contributed by atoms with Crippen LogP contribution in [0.2, 0.25) is 0 Å². The number of aromatic nitrogens is 1. The number of nitrogens with zero attached hydrogens (tertiary/aromatic N) is 2. The van der Waals surface area contributed by atoms with Crippen molar-refractivity contribution < 1.29 is 27.9 Å². The smallest absolute Gasteiger partial charge is 0.264 e.